The first-order chi connectivity index (χ1) is 11.7. The third-order valence-electron chi connectivity index (χ3n) is 4.07. The Morgan fingerprint density at radius 1 is 0.792 bits per heavy atom. The van der Waals surface area contributed by atoms with E-state index in [0.29, 0.717) is 5.56 Å². The molecule has 0 radical (unpaired) electrons. The molecule has 3 aromatic carbocycles. The van der Waals surface area contributed by atoms with Gasteiger partial charge in [-0.05, 0) is 42.0 Å². The zero-order valence-electron chi connectivity index (χ0n) is 12.8. The predicted octanol–water partition coefficient (Wildman–Crippen LogP) is 5.76. The van der Waals surface area contributed by atoms with Crippen molar-refractivity contribution in [2.45, 2.75) is 0 Å². The highest BCUT2D eigenvalue weighted by molar-refractivity contribution is 9.10. The summed E-state index contributed by atoms with van der Waals surface area (Å²) < 4.78 is 2.76. The van der Waals surface area contributed by atoms with Gasteiger partial charge in [0.05, 0.1) is 11.2 Å². The van der Waals surface area contributed by atoms with Gasteiger partial charge in [-0.3, -0.25) is 9.36 Å². The molecule has 0 amide bonds. The van der Waals surface area contributed by atoms with Crippen molar-refractivity contribution < 1.29 is 4.79 Å². The smallest absolute Gasteiger partial charge is 0.262 e. The van der Waals surface area contributed by atoms with Crippen LogP contribution >= 0.6 is 15.9 Å². The third kappa shape index (κ3) is 2.57. The van der Waals surface area contributed by atoms with Crippen LogP contribution in [0.4, 0.5) is 0 Å². The molecule has 0 spiro atoms. The van der Waals surface area contributed by atoms with Crippen LogP contribution < -0.4 is 0 Å². The highest BCUT2D eigenvalue weighted by Crippen LogP contribution is 2.29. The van der Waals surface area contributed by atoms with Gasteiger partial charge in [0.15, 0.2) is 0 Å². The predicted molar refractivity (Wildman–Crippen MR) is 101 cm³/mol. The van der Waals surface area contributed by atoms with Crippen molar-refractivity contribution in [1.29, 1.82) is 0 Å². The summed E-state index contributed by atoms with van der Waals surface area (Å²) in [6.07, 6.45) is 0. The van der Waals surface area contributed by atoms with Gasteiger partial charge >= 0.3 is 0 Å². The Balaban J connectivity index is 1.96. The maximum atomic E-state index is 13.2. The molecule has 0 unspecified atom stereocenters. The topological polar surface area (TPSA) is 22.0 Å². The van der Waals surface area contributed by atoms with Gasteiger partial charge in [-0.2, -0.15) is 0 Å². The lowest BCUT2D eigenvalue weighted by Crippen LogP contribution is -2.13. The molecule has 4 rings (SSSR count). The minimum atomic E-state index is -0.0254. The van der Waals surface area contributed by atoms with E-state index in [-0.39, 0.29) is 5.91 Å². The number of para-hydroxylation sites is 1. The SMILES string of the molecule is O=C(c1ccc(Br)cc1)n1c(-c2ccccc2)cc2ccccc21. The van der Waals surface area contributed by atoms with Crippen molar-refractivity contribution in [3.63, 3.8) is 0 Å². The lowest BCUT2D eigenvalue weighted by molar-refractivity contribution is 0.0967. The number of fused-ring (bicyclic) bond motifs is 1. The van der Waals surface area contributed by atoms with Crippen LogP contribution in [0.1, 0.15) is 10.4 Å². The zero-order valence-corrected chi connectivity index (χ0v) is 14.4. The van der Waals surface area contributed by atoms with Crippen LogP contribution in [0.2, 0.25) is 0 Å². The number of rotatable bonds is 2. The normalized spacial score (nSPS) is 10.9. The average molecular weight is 376 g/mol. The summed E-state index contributed by atoms with van der Waals surface area (Å²) in [7, 11) is 0. The lowest BCUT2D eigenvalue weighted by atomic mass is 10.1. The van der Waals surface area contributed by atoms with Crippen molar-refractivity contribution in [2.75, 3.05) is 0 Å². The van der Waals surface area contributed by atoms with Crippen LogP contribution in [0.5, 0.6) is 0 Å². The van der Waals surface area contributed by atoms with Crippen LogP contribution in [0.25, 0.3) is 22.2 Å². The van der Waals surface area contributed by atoms with E-state index >= 15 is 0 Å². The molecule has 116 valence electrons. The van der Waals surface area contributed by atoms with Gasteiger partial charge in [0.25, 0.3) is 5.91 Å². The van der Waals surface area contributed by atoms with Crippen LogP contribution in [-0.4, -0.2) is 10.5 Å². The zero-order chi connectivity index (χ0) is 16.5. The molecule has 0 saturated heterocycles. The standard InChI is InChI=1S/C21H14BrNO/c22-18-12-10-16(11-13-18)21(24)23-19-9-5-4-8-17(19)14-20(23)15-6-2-1-3-7-15/h1-14H. The first kappa shape index (κ1) is 14.9. The van der Waals surface area contributed by atoms with E-state index in [1.807, 2.05) is 78.9 Å². The summed E-state index contributed by atoms with van der Waals surface area (Å²) in [5, 5.41) is 1.06. The number of nitrogens with zero attached hydrogens (tertiary/aromatic N) is 1. The van der Waals surface area contributed by atoms with Gasteiger partial charge in [-0.1, -0.05) is 64.5 Å². The fourth-order valence-electron chi connectivity index (χ4n) is 2.92. The highest BCUT2D eigenvalue weighted by Gasteiger charge is 2.17. The molecule has 0 N–H and O–H groups in total. The van der Waals surface area contributed by atoms with E-state index in [4.69, 9.17) is 0 Å². The van der Waals surface area contributed by atoms with E-state index in [2.05, 4.69) is 22.0 Å². The number of carbonyl (C=O) groups is 1. The minimum absolute atomic E-state index is 0.0254. The quantitative estimate of drug-likeness (QED) is 0.436. The summed E-state index contributed by atoms with van der Waals surface area (Å²) in [6, 6.07) is 27.5. The van der Waals surface area contributed by atoms with Crippen molar-refractivity contribution in [3.8, 4) is 11.3 Å². The summed E-state index contributed by atoms with van der Waals surface area (Å²) in [6.45, 7) is 0. The molecule has 0 aliphatic heterocycles. The molecule has 0 bridgehead atoms. The van der Waals surface area contributed by atoms with Crippen LogP contribution in [-0.2, 0) is 0 Å². The molecule has 3 heteroatoms. The fourth-order valence-corrected chi connectivity index (χ4v) is 3.18. The summed E-state index contributed by atoms with van der Waals surface area (Å²) >= 11 is 3.42. The molecule has 0 aliphatic carbocycles. The Morgan fingerprint density at radius 3 is 2.21 bits per heavy atom. The maximum absolute atomic E-state index is 13.2. The first-order valence-corrected chi connectivity index (χ1v) is 8.49. The van der Waals surface area contributed by atoms with Crippen molar-refractivity contribution in [2.24, 2.45) is 0 Å². The molecular weight excluding hydrogens is 362 g/mol. The van der Waals surface area contributed by atoms with E-state index in [1.54, 1.807) is 4.57 Å². The number of benzene rings is 3. The Bertz CT molecular complexity index is 1020. The van der Waals surface area contributed by atoms with E-state index < -0.39 is 0 Å². The minimum Gasteiger partial charge on any atom is -0.276 e. The van der Waals surface area contributed by atoms with E-state index in [1.165, 1.54) is 0 Å². The first-order valence-electron chi connectivity index (χ1n) is 7.70. The van der Waals surface area contributed by atoms with Gasteiger partial charge in [0, 0.05) is 15.4 Å². The summed E-state index contributed by atoms with van der Waals surface area (Å²) in [5.74, 6) is -0.0254. The largest absolute Gasteiger partial charge is 0.276 e. The number of halogens is 1. The van der Waals surface area contributed by atoms with Crippen molar-refractivity contribution in [3.05, 3.63) is 95.0 Å². The Hall–Kier alpha value is -2.65. The summed E-state index contributed by atoms with van der Waals surface area (Å²) in [5.41, 5.74) is 3.52. The molecular formula is C21H14BrNO. The van der Waals surface area contributed by atoms with Gasteiger partial charge in [0.2, 0.25) is 0 Å². The molecule has 1 aromatic heterocycles. The second-order valence-electron chi connectivity index (χ2n) is 5.60. The number of aromatic nitrogens is 1. The Kier molecular flexibility index (Phi) is 3.79. The second kappa shape index (κ2) is 6.10. The monoisotopic (exact) mass is 375 g/mol. The molecule has 24 heavy (non-hydrogen) atoms. The maximum Gasteiger partial charge on any atom is 0.262 e. The molecule has 0 atom stereocenters. The lowest BCUT2D eigenvalue weighted by Gasteiger charge is -2.10. The van der Waals surface area contributed by atoms with Gasteiger partial charge in [0.1, 0.15) is 0 Å². The highest BCUT2D eigenvalue weighted by atomic mass is 79.9. The third-order valence-corrected chi connectivity index (χ3v) is 4.60. The summed E-state index contributed by atoms with van der Waals surface area (Å²) in [4.78, 5) is 13.2. The molecule has 0 aliphatic rings. The number of hydrogen-bond acceptors (Lipinski definition) is 1. The molecule has 0 saturated carbocycles. The molecule has 4 aromatic rings. The van der Waals surface area contributed by atoms with Gasteiger partial charge in [-0.25, -0.2) is 0 Å². The van der Waals surface area contributed by atoms with Gasteiger partial charge in [-0.15, -0.1) is 0 Å². The van der Waals surface area contributed by atoms with E-state index in [0.717, 1.165) is 26.6 Å². The van der Waals surface area contributed by atoms with Crippen molar-refractivity contribution >= 4 is 32.7 Å². The van der Waals surface area contributed by atoms with Gasteiger partial charge < -0.3 is 0 Å². The average Bonchev–Trinajstić information content (AvgIpc) is 3.02. The Labute approximate surface area is 148 Å². The van der Waals surface area contributed by atoms with Crippen LogP contribution in [0, 0.1) is 0 Å². The Morgan fingerprint density at radius 2 is 1.46 bits per heavy atom. The molecule has 0 fully saturated rings. The molecule has 1 heterocycles. The second-order valence-corrected chi connectivity index (χ2v) is 6.52. The van der Waals surface area contributed by atoms with E-state index in [9.17, 15) is 4.79 Å². The number of hydrogen-bond donors (Lipinski definition) is 0. The molecule has 2 nitrogen and oxygen atoms in total. The number of carbonyl (C=O) groups excluding carboxylic acids is 1. The fraction of sp³-hybridized carbons (Fsp3) is 0. The van der Waals surface area contributed by atoms with Crippen LogP contribution in [0.15, 0.2) is 89.4 Å². The van der Waals surface area contributed by atoms with Crippen LogP contribution in [0.3, 0.4) is 0 Å². The van der Waals surface area contributed by atoms with Crippen molar-refractivity contribution in [1.82, 2.24) is 4.57 Å².